The van der Waals surface area contributed by atoms with Gasteiger partial charge in [0.1, 0.15) is 10.7 Å². The Kier molecular flexibility index (Phi) is 2.72. The predicted molar refractivity (Wildman–Crippen MR) is 74.2 cm³/mol. The molecule has 4 heteroatoms. The van der Waals surface area contributed by atoms with Crippen molar-refractivity contribution < 1.29 is 0 Å². The molecule has 3 nitrogen and oxygen atoms in total. The number of aryl methyl sites for hydroxylation is 1. The summed E-state index contributed by atoms with van der Waals surface area (Å²) in [6.07, 6.45) is 0.656. The molecule has 3 rings (SSSR count). The Morgan fingerprint density at radius 2 is 2.00 bits per heavy atom. The maximum absolute atomic E-state index is 11.8. The van der Waals surface area contributed by atoms with Gasteiger partial charge in [-0.15, -0.1) is 11.3 Å². The van der Waals surface area contributed by atoms with E-state index in [4.69, 9.17) is 0 Å². The van der Waals surface area contributed by atoms with E-state index >= 15 is 0 Å². The van der Waals surface area contributed by atoms with E-state index in [1.807, 2.05) is 11.4 Å². The van der Waals surface area contributed by atoms with Crippen LogP contribution in [-0.4, -0.2) is 9.97 Å². The van der Waals surface area contributed by atoms with Gasteiger partial charge in [-0.1, -0.05) is 29.8 Å². The molecule has 0 aliphatic carbocycles. The third kappa shape index (κ3) is 2.07. The van der Waals surface area contributed by atoms with Crippen LogP contribution in [0.5, 0.6) is 0 Å². The highest BCUT2D eigenvalue weighted by molar-refractivity contribution is 7.16. The molecule has 2 heterocycles. The summed E-state index contributed by atoms with van der Waals surface area (Å²) < 4.78 is 0. The van der Waals surface area contributed by atoms with Gasteiger partial charge in [-0.2, -0.15) is 0 Å². The molecule has 0 saturated heterocycles. The summed E-state index contributed by atoms with van der Waals surface area (Å²) in [5.41, 5.74) is 2.33. The molecule has 1 aromatic carbocycles. The van der Waals surface area contributed by atoms with E-state index < -0.39 is 0 Å². The molecule has 0 atom stereocenters. The summed E-state index contributed by atoms with van der Waals surface area (Å²) in [5, 5.41) is 2.57. The van der Waals surface area contributed by atoms with Crippen molar-refractivity contribution in [2.24, 2.45) is 0 Å². The molecule has 0 fully saturated rings. The van der Waals surface area contributed by atoms with Crippen LogP contribution in [0.1, 0.15) is 17.0 Å². The molecule has 0 spiro atoms. The van der Waals surface area contributed by atoms with E-state index in [0.29, 0.717) is 11.8 Å². The normalized spacial score (nSPS) is 10.9. The maximum atomic E-state index is 11.8. The van der Waals surface area contributed by atoms with E-state index in [9.17, 15) is 4.79 Å². The molecule has 3 aromatic rings. The number of fused-ring (bicyclic) bond motifs is 1. The molecule has 18 heavy (non-hydrogen) atoms. The lowest BCUT2D eigenvalue weighted by Gasteiger charge is -2.02. The maximum Gasteiger partial charge on any atom is 0.259 e. The van der Waals surface area contributed by atoms with Crippen molar-refractivity contribution in [2.75, 3.05) is 0 Å². The Morgan fingerprint density at radius 1 is 1.22 bits per heavy atom. The molecule has 0 bridgehead atoms. The summed E-state index contributed by atoms with van der Waals surface area (Å²) >= 11 is 1.50. The van der Waals surface area contributed by atoms with Gasteiger partial charge in [0.25, 0.3) is 5.56 Å². The number of H-pyrrole nitrogens is 1. The average molecular weight is 256 g/mol. The van der Waals surface area contributed by atoms with Crippen LogP contribution in [0.4, 0.5) is 0 Å². The number of aromatic nitrogens is 2. The fourth-order valence-corrected chi connectivity index (χ4v) is 2.68. The zero-order valence-corrected chi connectivity index (χ0v) is 10.8. The third-order valence-electron chi connectivity index (χ3n) is 2.88. The van der Waals surface area contributed by atoms with Crippen molar-refractivity contribution >= 4 is 21.6 Å². The molecule has 0 unspecified atom stereocenters. The van der Waals surface area contributed by atoms with E-state index in [1.165, 1.54) is 16.9 Å². The monoisotopic (exact) mass is 256 g/mol. The summed E-state index contributed by atoms with van der Waals surface area (Å²) in [6.45, 7) is 2.06. The minimum Gasteiger partial charge on any atom is -0.310 e. The first kappa shape index (κ1) is 11.2. The van der Waals surface area contributed by atoms with Crippen LogP contribution in [0, 0.1) is 6.92 Å². The van der Waals surface area contributed by atoms with Crippen molar-refractivity contribution in [3.63, 3.8) is 0 Å². The first-order valence-corrected chi connectivity index (χ1v) is 6.62. The lowest BCUT2D eigenvalue weighted by atomic mass is 10.1. The zero-order valence-electron chi connectivity index (χ0n) is 9.93. The molecule has 90 valence electrons. The van der Waals surface area contributed by atoms with Gasteiger partial charge in [0.15, 0.2) is 0 Å². The first-order valence-electron chi connectivity index (χ1n) is 5.74. The first-order chi connectivity index (χ1) is 8.72. The molecular formula is C14H12N2OS. The van der Waals surface area contributed by atoms with Gasteiger partial charge in [0.05, 0.1) is 5.39 Å². The standard InChI is InChI=1S/C14H12N2OS/c1-9-2-4-10(5-3-9)8-12-15-13(17)11-6-7-18-14(11)16-12/h2-7H,8H2,1H3,(H,15,16,17). The van der Waals surface area contributed by atoms with E-state index in [0.717, 1.165) is 16.2 Å². The minimum absolute atomic E-state index is 0.0524. The van der Waals surface area contributed by atoms with Crippen molar-refractivity contribution in [3.8, 4) is 0 Å². The van der Waals surface area contributed by atoms with Crippen LogP contribution in [0.25, 0.3) is 10.2 Å². The highest BCUT2D eigenvalue weighted by Gasteiger charge is 2.05. The summed E-state index contributed by atoms with van der Waals surface area (Å²) in [6, 6.07) is 10.1. The topological polar surface area (TPSA) is 45.8 Å². The predicted octanol–water partition coefficient (Wildman–Crippen LogP) is 2.88. The SMILES string of the molecule is Cc1ccc(Cc2nc3sccc3c(=O)[nH]2)cc1. The second kappa shape index (κ2) is 4.38. The van der Waals surface area contributed by atoms with Gasteiger partial charge in [-0.25, -0.2) is 4.98 Å². The second-order valence-corrected chi connectivity index (χ2v) is 5.21. The van der Waals surface area contributed by atoms with Crippen molar-refractivity contribution in [1.82, 2.24) is 9.97 Å². The van der Waals surface area contributed by atoms with Crippen LogP contribution in [0.2, 0.25) is 0 Å². The van der Waals surface area contributed by atoms with Crippen molar-refractivity contribution in [3.05, 3.63) is 63.0 Å². The lowest BCUT2D eigenvalue weighted by Crippen LogP contribution is -2.10. The Morgan fingerprint density at radius 3 is 2.78 bits per heavy atom. The highest BCUT2D eigenvalue weighted by atomic mass is 32.1. The Hall–Kier alpha value is -1.94. The third-order valence-corrected chi connectivity index (χ3v) is 3.68. The van der Waals surface area contributed by atoms with Gasteiger partial charge in [0, 0.05) is 6.42 Å². The van der Waals surface area contributed by atoms with Gasteiger partial charge in [0.2, 0.25) is 0 Å². The van der Waals surface area contributed by atoms with E-state index in [2.05, 4.69) is 41.2 Å². The van der Waals surface area contributed by atoms with E-state index in [1.54, 1.807) is 0 Å². The average Bonchev–Trinajstić information content (AvgIpc) is 2.81. The number of benzene rings is 1. The Balaban J connectivity index is 1.99. The fraction of sp³-hybridized carbons (Fsp3) is 0.143. The Bertz CT molecular complexity index is 740. The second-order valence-electron chi connectivity index (χ2n) is 4.31. The van der Waals surface area contributed by atoms with Crippen LogP contribution in [-0.2, 0) is 6.42 Å². The number of hydrogen-bond acceptors (Lipinski definition) is 3. The molecule has 0 amide bonds. The van der Waals surface area contributed by atoms with Crippen LogP contribution < -0.4 is 5.56 Å². The van der Waals surface area contributed by atoms with Crippen LogP contribution in [0.3, 0.4) is 0 Å². The number of nitrogens with one attached hydrogen (secondary N) is 1. The quantitative estimate of drug-likeness (QED) is 0.766. The molecule has 1 N–H and O–H groups in total. The highest BCUT2D eigenvalue weighted by Crippen LogP contribution is 2.15. The molecule has 0 aliphatic heterocycles. The van der Waals surface area contributed by atoms with Gasteiger partial charge < -0.3 is 4.98 Å². The van der Waals surface area contributed by atoms with Gasteiger partial charge in [-0.3, -0.25) is 4.79 Å². The van der Waals surface area contributed by atoms with Crippen molar-refractivity contribution in [1.29, 1.82) is 0 Å². The molecule has 0 aliphatic rings. The number of thiophene rings is 1. The number of aromatic amines is 1. The zero-order chi connectivity index (χ0) is 12.5. The van der Waals surface area contributed by atoms with Gasteiger partial charge >= 0.3 is 0 Å². The van der Waals surface area contributed by atoms with E-state index in [-0.39, 0.29) is 5.56 Å². The number of nitrogens with zero attached hydrogens (tertiary/aromatic N) is 1. The summed E-state index contributed by atoms with van der Waals surface area (Å²) in [5.74, 6) is 0.721. The minimum atomic E-state index is -0.0524. The fourth-order valence-electron chi connectivity index (χ4n) is 1.89. The molecule has 0 saturated carbocycles. The molecule has 2 aromatic heterocycles. The number of hydrogen-bond donors (Lipinski definition) is 1. The molecular weight excluding hydrogens is 244 g/mol. The lowest BCUT2D eigenvalue weighted by molar-refractivity contribution is 0.976. The van der Waals surface area contributed by atoms with Crippen LogP contribution >= 0.6 is 11.3 Å². The van der Waals surface area contributed by atoms with Gasteiger partial charge in [-0.05, 0) is 23.9 Å². The van der Waals surface area contributed by atoms with Crippen molar-refractivity contribution in [2.45, 2.75) is 13.3 Å². The summed E-state index contributed by atoms with van der Waals surface area (Å²) in [7, 11) is 0. The smallest absolute Gasteiger partial charge is 0.259 e. The number of rotatable bonds is 2. The Labute approximate surface area is 108 Å². The molecule has 0 radical (unpaired) electrons. The largest absolute Gasteiger partial charge is 0.310 e. The van der Waals surface area contributed by atoms with Crippen LogP contribution in [0.15, 0.2) is 40.5 Å². The summed E-state index contributed by atoms with van der Waals surface area (Å²) in [4.78, 5) is 19.9.